The summed E-state index contributed by atoms with van der Waals surface area (Å²) in [6, 6.07) is 14.8. The van der Waals surface area contributed by atoms with Crippen LogP contribution in [0.5, 0.6) is 11.5 Å². The molecule has 8 nitrogen and oxygen atoms in total. The van der Waals surface area contributed by atoms with Crippen molar-refractivity contribution in [2.24, 2.45) is 58.2 Å². The lowest BCUT2D eigenvalue weighted by atomic mass is 9.58. The van der Waals surface area contributed by atoms with Crippen molar-refractivity contribution in [1.29, 1.82) is 0 Å². The number of Topliss-reactive ketones (excluding diaryl/α,β-unsaturated/α-hetero) is 1. The van der Waals surface area contributed by atoms with E-state index in [1.807, 2.05) is 31.2 Å². The number of rotatable bonds is 3. The predicted octanol–water partition coefficient (Wildman–Crippen LogP) is 4.54. The molecule has 0 radical (unpaired) electrons. The van der Waals surface area contributed by atoms with Crippen molar-refractivity contribution >= 4 is 35.1 Å². The average molecular weight is 579 g/mol. The van der Waals surface area contributed by atoms with Crippen molar-refractivity contribution < 1.29 is 28.7 Å². The zero-order valence-electron chi connectivity index (χ0n) is 24.3. The molecule has 2 aliphatic heterocycles. The van der Waals surface area contributed by atoms with Gasteiger partial charge in [-0.2, -0.15) is 0 Å². The summed E-state index contributed by atoms with van der Waals surface area (Å²) in [6.45, 7) is 2.01. The third-order valence-electron chi connectivity index (χ3n) is 13.0. The van der Waals surface area contributed by atoms with Crippen molar-refractivity contribution in [3.05, 3.63) is 54.1 Å². The van der Waals surface area contributed by atoms with Crippen LogP contribution in [0, 0.1) is 65.1 Å². The average Bonchev–Trinajstić information content (AvgIpc) is 3.85. The Morgan fingerprint density at radius 2 is 1.12 bits per heavy atom. The van der Waals surface area contributed by atoms with Crippen LogP contribution in [0.4, 0.5) is 5.69 Å². The minimum Gasteiger partial charge on any atom is -0.457 e. The second-order valence-corrected chi connectivity index (χ2v) is 14.5. The van der Waals surface area contributed by atoms with Gasteiger partial charge >= 0.3 is 0 Å². The number of imide groups is 2. The Labute approximate surface area is 249 Å². The molecule has 9 rings (SSSR count). The third-order valence-corrected chi connectivity index (χ3v) is 13.0. The number of likely N-dealkylation sites (tertiary alicyclic amines) is 1. The van der Waals surface area contributed by atoms with Crippen LogP contribution in [0.3, 0.4) is 0 Å². The summed E-state index contributed by atoms with van der Waals surface area (Å²) in [4.78, 5) is 71.0. The molecule has 2 aromatic carbocycles. The lowest BCUT2D eigenvalue weighted by Gasteiger charge is -2.42. The predicted molar refractivity (Wildman–Crippen MR) is 153 cm³/mol. The van der Waals surface area contributed by atoms with Crippen LogP contribution in [-0.2, 0) is 24.0 Å². The maximum absolute atomic E-state index is 14.7. The molecule has 7 fully saturated rings. The van der Waals surface area contributed by atoms with Crippen LogP contribution in [-0.4, -0.2) is 41.4 Å². The molecular weight excluding hydrogens is 544 g/mol. The Hall–Kier alpha value is -3.81. The number of aryl methyl sites for hydroxylation is 1. The first-order chi connectivity index (χ1) is 20.6. The first-order valence-electron chi connectivity index (χ1n) is 15.7. The van der Waals surface area contributed by atoms with Crippen molar-refractivity contribution in [3.8, 4) is 11.5 Å². The third kappa shape index (κ3) is 3.00. The van der Waals surface area contributed by atoms with Crippen molar-refractivity contribution in [2.75, 3.05) is 11.9 Å². The van der Waals surface area contributed by atoms with Gasteiger partial charge in [-0.05, 0) is 106 Å². The van der Waals surface area contributed by atoms with Crippen LogP contribution < -0.4 is 9.64 Å². The fourth-order valence-corrected chi connectivity index (χ4v) is 11.4. The molecule has 5 saturated carbocycles. The van der Waals surface area contributed by atoms with Gasteiger partial charge in [0.1, 0.15) is 17.3 Å². The van der Waals surface area contributed by atoms with E-state index in [0.29, 0.717) is 30.0 Å². The van der Waals surface area contributed by atoms with Gasteiger partial charge in [-0.1, -0.05) is 17.7 Å². The number of hydrogen-bond acceptors (Lipinski definition) is 6. The molecule has 2 spiro atoms. The van der Waals surface area contributed by atoms with Gasteiger partial charge in [0.15, 0.2) is 0 Å². The largest absolute Gasteiger partial charge is 0.457 e. The Bertz CT molecular complexity index is 1650. The minimum atomic E-state index is -0.596. The van der Waals surface area contributed by atoms with E-state index in [2.05, 4.69) is 0 Å². The molecular formula is C35H34N2O6. The summed E-state index contributed by atoms with van der Waals surface area (Å²) in [5.74, 6) is -0.553. The number of ketones is 1. The maximum atomic E-state index is 14.7. The molecule has 4 amide bonds. The highest BCUT2D eigenvalue weighted by Gasteiger charge is 2.78. The van der Waals surface area contributed by atoms with E-state index < -0.39 is 16.7 Å². The van der Waals surface area contributed by atoms with Crippen LogP contribution in [0.2, 0.25) is 0 Å². The van der Waals surface area contributed by atoms with Gasteiger partial charge in [-0.3, -0.25) is 33.8 Å². The summed E-state index contributed by atoms with van der Waals surface area (Å²) >= 11 is 0. The number of hydrogen-bond donors (Lipinski definition) is 0. The highest BCUT2D eigenvalue weighted by Crippen LogP contribution is 2.75. The number of amides is 4. The summed E-state index contributed by atoms with van der Waals surface area (Å²) in [7, 11) is 1.57. The molecule has 0 aromatic heterocycles. The monoisotopic (exact) mass is 578 g/mol. The van der Waals surface area contributed by atoms with E-state index in [9.17, 15) is 24.0 Å². The van der Waals surface area contributed by atoms with Crippen molar-refractivity contribution in [1.82, 2.24) is 4.90 Å². The first kappa shape index (κ1) is 25.7. The molecule has 8 heteroatoms. The SMILES string of the molecule is Cc1ccc(Oc2ccc(N3C(=O)C4C5CC(C4C3=O)C3(CCC4(CC6CC4C4C(=O)N(C)C(=O)C64)C3=O)C5)cc2)cc1. The van der Waals surface area contributed by atoms with E-state index in [1.165, 1.54) is 9.80 Å². The van der Waals surface area contributed by atoms with E-state index >= 15 is 0 Å². The van der Waals surface area contributed by atoms with E-state index in [4.69, 9.17) is 4.74 Å². The first-order valence-corrected chi connectivity index (χ1v) is 15.7. The number of carbonyl (C=O) groups excluding carboxylic acids is 5. The minimum absolute atomic E-state index is 0.0202. The number of anilines is 1. The molecule has 43 heavy (non-hydrogen) atoms. The zero-order valence-corrected chi connectivity index (χ0v) is 24.3. The molecule has 10 atom stereocenters. The molecule has 0 N–H and O–H groups in total. The summed E-state index contributed by atoms with van der Waals surface area (Å²) < 4.78 is 5.94. The number of benzene rings is 2. The lowest BCUT2D eigenvalue weighted by molar-refractivity contribution is -0.145. The molecule has 2 aromatic rings. The number of carbonyl (C=O) groups is 5. The summed E-state index contributed by atoms with van der Waals surface area (Å²) in [6.07, 6.45) is 4.32. The smallest absolute Gasteiger partial charge is 0.238 e. The van der Waals surface area contributed by atoms with Crippen molar-refractivity contribution in [2.45, 2.75) is 45.4 Å². The van der Waals surface area contributed by atoms with Crippen LogP contribution in [0.1, 0.15) is 44.1 Å². The standard InChI is InChI=1S/C35H34N2O6/c1-17-3-7-21(8-4-17)43-22-9-5-20(6-10-22)37-31(40)26-19-14-24(28(26)32(37)41)35(16-19)12-11-34(33(35)42)15-18-13-23(34)27-25(18)29(38)36(2)30(27)39/h3-10,18-19,23-28H,11-16H2,1-2H3. The van der Waals surface area contributed by atoms with Gasteiger partial charge in [-0.15, -0.1) is 0 Å². The van der Waals surface area contributed by atoms with Gasteiger partial charge in [0.2, 0.25) is 23.6 Å². The van der Waals surface area contributed by atoms with Crippen LogP contribution in [0.15, 0.2) is 48.5 Å². The van der Waals surface area contributed by atoms with Gasteiger partial charge in [0.05, 0.1) is 29.4 Å². The Morgan fingerprint density at radius 3 is 1.70 bits per heavy atom. The van der Waals surface area contributed by atoms with E-state index in [0.717, 1.165) is 31.2 Å². The number of nitrogens with zero attached hydrogens (tertiary/aromatic N) is 2. The fraction of sp³-hybridized carbons (Fsp3) is 0.514. The molecule has 5 aliphatic carbocycles. The van der Waals surface area contributed by atoms with Gasteiger partial charge in [-0.25, -0.2) is 0 Å². The number of ether oxygens (including phenoxy) is 1. The molecule has 7 aliphatic rings. The molecule has 2 saturated heterocycles. The number of fused-ring (bicyclic) bond motifs is 12. The Morgan fingerprint density at radius 1 is 0.651 bits per heavy atom. The highest BCUT2D eigenvalue weighted by molar-refractivity contribution is 6.23. The Kier molecular flexibility index (Phi) is 4.90. The fourth-order valence-electron chi connectivity index (χ4n) is 11.4. The van der Waals surface area contributed by atoms with Crippen molar-refractivity contribution in [3.63, 3.8) is 0 Å². The highest BCUT2D eigenvalue weighted by atomic mass is 16.5. The molecule has 4 bridgehead atoms. The Balaban J connectivity index is 0.974. The lowest BCUT2D eigenvalue weighted by Crippen LogP contribution is -2.48. The van der Waals surface area contributed by atoms with E-state index in [1.54, 1.807) is 31.3 Å². The second-order valence-electron chi connectivity index (χ2n) is 14.5. The quantitative estimate of drug-likeness (QED) is 0.496. The van der Waals surface area contributed by atoms with E-state index in [-0.39, 0.29) is 70.8 Å². The summed E-state index contributed by atoms with van der Waals surface area (Å²) in [5, 5.41) is 0. The van der Waals surface area contributed by atoms with Gasteiger partial charge in [0.25, 0.3) is 0 Å². The molecule has 220 valence electrons. The summed E-state index contributed by atoms with van der Waals surface area (Å²) in [5.41, 5.74) is 0.518. The van der Waals surface area contributed by atoms with Gasteiger partial charge in [0, 0.05) is 17.9 Å². The molecule has 10 unspecified atom stereocenters. The van der Waals surface area contributed by atoms with Crippen LogP contribution >= 0.6 is 0 Å². The molecule has 2 heterocycles. The normalized spacial score (nSPS) is 42.0. The topological polar surface area (TPSA) is 101 Å². The zero-order chi connectivity index (χ0) is 29.6. The maximum Gasteiger partial charge on any atom is 0.238 e. The van der Waals surface area contributed by atoms with Gasteiger partial charge < -0.3 is 4.74 Å². The second kappa shape index (κ2) is 8.21. The van der Waals surface area contributed by atoms with Crippen LogP contribution in [0.25, 0.3) is 0 Å².